The second-order valence-electron chi connectivity index (χ2n) is 1.38. The van der Waals surface area contributed by atoms with Crippen LogP contribution in [0.1, 0.15) is 5.56 Å². The van der Waals surface area contributed by atoms with Crippen molar-refractivity contribution in [3.8, 4) is 0 Å². The third-order valence-electron chi connectivity index (χ3n) is 0.788. The average Bonchev–Trinajstić information content (AvgIpc) is 1.77. The molecule has 8 heavy (non-hydrogen) atoms. The molecule has 0 saturated heterocycles. The Kier molecular flexibility index (Phi) is 1.49. The molecular formula is C6H4ClN. The third kappa shape index (κ3) is 0.984. The van der Waals surface area contributed by atoms with Crippen LogP contribution in [0, 0.1) is 6.92 Å². The molecular weight excluding hydrogens is 122 g/mol. The predicted octanol–water partition coefficient (Wildman–Crippen LogP) is 1.79. The van der Waals surface area contributed by atoms with Gasteiger partial charge in [-0.1, -0.05) is 17.7 Å². The molecule has 0 saturated carbocycles. The van der Waals surface area contributed by atoms with Gasteiger partial charge in [0.2, 0.25) is 0 Å². The molecule has 0 spiro atoms. The van der Waals surface area contributed by atoms with E-state index in [0.717, 1.165) is 0 Å². The quantitative estimate of drug-likeness (QED) is 0.482. The maximum atomic E-state index is 5.47. The number of halogens is 1. The van der Waals surface area contributed by atoms with Crippen LogP contribution in [0.3, 0.4) is 0 Å². The van der Waals surface area contributed by atoms with Gasteiger partial charge < -0.3 is 0 Å². The summed E-state index contributed by atoms with van der Waals surface area (Å²) in [6.45, 7) is 5.33. The van der Waals surface area contributed by atoms with Crippen molar-refractivity contribution in [2.75, 3.05) is 0 Å². The first-order valence-corrected chi connectivity index (χ1v) is 2.54. The van der Waals surface area contributed by atoms with Crippen molar-refractivity contribution in [1.29, 1.82) is 0 Å². The Morgan fingerprint density at radius 3 is 2.75 bits per heavy atom. The molecule has 1 nitrogen and oxygen atoms in total. The van der Waals surface area contributed by atoms with Crippen LogP contribution in [0.2, 0.25) is 5.15 Å². The predicted molar refractivity (Wildman–Crippen MR) is 32.6 cm³/mol. The first-order valence-electron chi connectivity index (χ1n) is 2.16. The first-order chi connectivity index (χ1) is 3.80. The number of rotatable bonds is 0. The van der Waals surface area contributed by atoms with Crippen molar-refractivity contribution in [1.82, 2.24) is 4.98 Å². The van der Waals surface area contributed by atoms with Gasteiger partial charge in [0.15, 0.2) is 0 Å². The van der Waals surface area contributed by atoms with E-state index in [4.69, 9.17) is 18.5 Å². The molecule has 0 bridgehead atoms. The van der Waals surface area contributed by atoms with Crippen LogP contribution < -0.4 is 0 Å². The van der Waals surface area contributed by atoms with Crippen LogP contribution in [0.5, 0.6) is 0 Å². The lowest BCUT2D eigenvalue weighted by Gasteiger charge is -1.89. The Bertz CT molecular complexity index is 165. The zero-order chi connectivity index (χ0) is 5.98. The van der Waals surface area contributed by atoms with E-state index in [0.29, 0.717) is 10.7 Å². The summed E-state index contributed by atoms with van der Waals surface area (Å²) < 4.78 is 0. The fourth-order valence-electron chi connectivity index (χ4n) is 0.398. The van der Waals surface area contributed by atoms with Crippen LogP contribution in [0.4, 0.5) is 0 Å². The fraction of sp³-hybridized carbons (Fsp3) is 0. The molecule has 0 aliphatic heterocycles. The molecule has 2 heteroatoms. The highest BCUT2D eigenvalue weighted by atomic mass is 35.5. The molecule has 1 aromatic heterocycles. The lowest BCUT2D eigenvalue weighted by Crippen LogP contribution is -1.75. The summed E-state index contributed by atoms with van der Waals surface area (Å²) in [4.78, 5) is 3.72. The van der Waals surface area contributed by atoms with E-state index >= 15 is 0 Å². The van der Waals surface area contributed by atoms with Gasteiger partial charge in [0.05, 0.1) is 0 Å². The summed E-state index contributed by atoms with van der Waals surface area (Å²) in [7, 11) is 0. The highest BCUT2D eigenvalue weighted by Crippen LogP contribution is 2.07. The Morgan fingerprint density at radius 1 is 1.62 bits per heavy atom. The minimum atomic E-state index is 0.368. The SMILES string of the molecule is [CH]c1cccnc1Cl. The molecule has 0 aliphatic rings. The van der Waals surface area contributed by atoms with Crippen molar-refractivity contribution < 1.29 is 0 Å². The molecule has 0 N–H and O–H groups in total. The van der Waals surface area contributed by atoms with Gasteiger partial charge in [-0.3, -0.25) is 0 Å². The molecule has 0 unspecified atom stereocenters. The lowest BCUT2D eigenvalue weighted by atomic mass is 10.3. The Morgan fingerprint density at radius 2 is 2.38 bits per heavy atom. The second-order valence-corrected chi connectivity index (χ2v) is 1.74. The van der Waals surface area contributed by atoms with E-state index in [9.17, 15) is 0 Å². The zero-order valence-corrected chi connectivity index (χ0v) is 4.89. The van der Waals surface area contributed by atoms with Crippen LogP contribution in [-0.4, -0.2) is 4.98 Å². The van der Waals surface area contributed by atoms with Gasteiger partial charge in [0, 0.05) is 13.1 Å². The molecule has 0 aromatic carbocycles. The minimum absolute atomic E-state index is 0.368. The smallest absolute Gasteiger partial charge is 0.132 e. The molecule has 0 aliphatic carbocycles. The number of hydrogen-bond acceptors (Lipinski definition) is 1. The Hall–Kier alpha value is -0.560. The van der Waals surface area contributed by atoms with Gasteiger partial charge in [-0.05, 0) is 11.6 Å². The molecule has 2 radical (unpaired) electrons. The molecule has 1 heterocycles. The standard InChI is InChI=1S/C6H4ClN/c1-5-3-2-4-8-6(5)7/h1-4H. The maximum Gasteiger partial charge on any atom is 0.132 e. The van der Waals surface area contributed by atoms with Crippen LogP contribution in [-0.2, 0) is 0 Å². The van der Waals surface area contributed by atoms with E-state index in [1.807, 2.05) is 0 Å². The lowest BCUT2D eigenvalue weighted by molar-refractivity contribution is 1.31. The summed E-state index contributed by atoms with van der Waals surface area (Å²) in [5.41, 5.74) is 0.522. The topological polar surface area (TPSA) is 12.9 Å². The zero-order valence-electron chi connectivity index (χ0n) is 4.13. The summed E-state index contributed by atoms with van der Waals surface area (Å²) in [5, 5.41) is 0.368. The first kappa shape index (κ1) is 5.57. The van der Waals surface area contributed by atoms with Gasteiger partial charge in [-0.2, -0.15) is 0 Å². The van der Waals surface area contributed by atoms with Crippen molar-refractivity contribution in [3.63, 3.8) is 0 Å². The van der Waals surface area contributed by atoms with Gasteiger partial charge >= 0.3 is 0 Å². The summed E-state index contributed by atoms with van der Waals surface area (Å²) in [6, 6.07) is 3.44. The van der Waals surface area contributed by atoms with Crippen molar-refractivity contribution in [2.24, 2.45) is 0 Å². The molecule has 40 valence electrons. The largest absolute Gasteiger partial charge is 0.244 e. The van der Waals surface area contributed by atoms with Crippen molar-refractivity contribution >= 4 is 11.6 Å². The normalized spacial score (nSPS) is 9.25. The molecule has 1 rings (SSSR count). The Balaban J connectivity index is 3.13. The van der Waals surface area contributed by atoms with E-state index in [1.165, 1.54) is 0 Å². The summed E-state index contributed by atoms with van der Waals surface area (Å²) >= 11 is 5.47. The molecule has 0 atom stereocenters. The van der Waals surface area contributed by atoms with Crippen LogP contribution in [0.25, 0.3) is 0 Å². The fourth-order valence-corrected chi connectivity index (χ4v) is 0.518. The third-order valence-corrected chi connectivity index (χ3v) is 1.10. The highest BCUT2D eigenvalue weighted by molar-refractivity contribution is 6.30. The number of hydrogen-bond donors (Lipinski definition) is 0. The second kappa shape index (κ2) is 2.14. The van der Waals surface area contributed by atoms with Crippen molar-refractivity contribution in [3.05, 3.63) is 36.0 Å². The summed E-state index contributed by atoms with van der Waals surface area (Å²) in [5.74, 6) is 0. The van der Waals surface area contributed by atoms with E-state index in [1.54, 1.807) is 18.3 Å². The van der Waals surface area contributed by atoms with Gasteiger partial charge in [0.25, 0.3) is 0 Å². The van der Waals surface area contributed by atoms with Crippen LogP contribution in [0.15, 0.2) is 18.3 Å². The van der Waals surface area contributed by atoms with Crippen molar-refractivity contribution in [2.45, 2.75) is 0 Å². The van der Waals surface area contributed by atoms with E-state index in [2.05, 4.69) is 4.98 Å². The average molecular weight is 126 g/mol. The van der Waals surface area contributed by atoms with E-state index < -0.39 is 0 Å². The number of aromatic nitrogens is 1. The molecule has 1 aromatic rings. The van der Waals surface area contributed by atoms with Gasteiger partial charge in [0.1, 0.15) is 5.15 Å². The summed E-state index contributed by atoms with van der Waals surface area (Å²) in [6.07, 6.45) is 1.60. The maximum absolute atomic E-state index is 5.47. The Labute approximate surface area is 53.3 Å². The van der Waals surface area contributed by atoms with Crippen LogP contribution >= 0.6 is 11.6 Å². The van der Waals surface area contributed by atoms with E-state index in [-0.39, 0.29) is 0 Å². The monoisotopic (exact) mass is 125 g/mol. The molecule has 0 fully saturated rings. The number of nitrogens with zero attached hydrogens (tertiary/aromatic N) is 1. The van der Waals surface area contributed by atoms with Gasteiger partial charge in [-0.25, -0.2) is 4.98 Å². The molecule has 0 amide bonds. The van der Waals surface area contributed by atoms with Gasteiger partial charge in [-0.15, -0.1) is 0 Å². The number of pyridine rings is 1. The minimum Gasteiger partial charge on any atom is -0.244 e. The highest BCUT2D eigenvalue weighted by Gasteiger charge is 1.88.